The summed E-state index contributed by atoms with van der Waals surface area (Å²) in [5.41, 5.74) is 0.411. The molecular weight excluding hydrogens is 302 g/mol. The van der Waals surface area contributed by atoms with Crippen molar-refractivity contribution in [2.45, 2.75) is 18.0 Å². The zero-order chi connectivity index (χ0) is 14.9. The van der Waals surface area contributed by atoms with Gasteiger partial charge >= 0.3 is 0 Å². The number of fused-ring (bicyclic) bond motifs is 1. The predicted molar refractivity (Wildman–Crippen MR) is 78.8 cm³/mol. The summed E-state index contributed by atoms with van der Waals surface area (Å²) in [6.07, 6.45) is -0.568. The standard InChI is InChI=1S/C12H16ClN3O3S/c1-4-19-12(16(2)3)11-14-9-7-8(13)5-6-10(9)20(17,18)15-11/h5-7,12H,4H2,1-3H3,(H,14,15). The van der Waals surface area contributed by atoms with Crippen molar-refractivity contribution in [3.63, 3.8) is 0 Å². The van der Waals surface area contributed by atoms with Crippen molar-refractivity contribution in [2.75, 3.05) is 26.0 Å². The number of nitrogens with zero attached hydrogens (tertiary/aromatic N) is 2. The quantitative estimate of drug-likeness (QED) is 0.857. The molecule has 1 aliphatic heterocycles. The summed E-state index contributed by atoms with van der Waals surface area (Å²) in [7, 11) is -0.180. The molecule has 0 amide bonds. The summed E-state index contributed by atoms with van der Waals surface area (Å²) >= 11 is 5.90. The third-order valence-electron chi connectivity index (χ3n) is 2.73. The molecular formula is C12H16ClN3O3S. The van der Waals surface area contributed by atoms with Crippen LogP contribution in [-0.4, -0.2) is 46.1 Å². The highest BCUT2D eigenvalue weighted by atomic mass is 35.5. The second-order valence-electron chi connectivity index (χ2n) is 4.49. The zero-order valence-electron chi connectivity index (χ0n) is 11.4. The van der Waals surface area contributed by atoms with Crippen LogP contribution in [0, 0.1) is 0 Å². The van der Waals surface area contributed by atoms with Gasteiger partial charge in [-0.3, -0.25) is 4.90 Å². The molecule has 0 saturated heterocycles. The van der Waals surface area contributed by atoms with Crippen molar-refractivity contribution in [1.82, 2.24) is 4.90 Å². The molecule has 1 N–H and O–H groups in total. The van der Waals surface area contributed by atoms with Crippen LogP contribution >= 0.6 is 11.6 Å². The second kappa shape index (κ2) is 5.69. The summed E-state index contributed by atoms with van der Waals surface area (Å²) in [5.74, 6) is 0.228. The Kier molecular flexibility index (Phi) is 4.33. The Balaban J connectivity index is 2.47. The monoisotopic (exact) mass is 317 g/mol. The van der Waals surface area contributed by atoms with Crippen molar-refractivity contribution in [2.24, 2.45) is 4.40 Å². The van der Waals surface area contributed by atoms with Crippen molar-refractivity contribution < 1.29 is 13.2 Å². The van der Waals surface area contributed by atoms with Crippen molar-refractivity contribution in [3.8, 4) is 0 Å². The number of ether oxygens (including phenoxy) is 1. The number of likely N-dealkylation sites (N-methyl/N-ethyl adjacent to an activating group) is 1. The Hall–Kier alpha value is -1.15. The highest BCUT2D eigenvalue weighted by Crippen LogP contribution is 2.30. The van der Waals surface area contributed by atoms with Gasteiger partial charge in [0.25, 0.3) is 10.0 Å². The number of sulfonamides is 1. The summed E-state index contributed by atoms with van der Waals surface area (Å²) in [6, 6.07) is 4.51. The molecule has 0 spiro atoms. The van der Waals surface area contributed by atoms with Gasteiger partial charge in [-0.15, -0.1) is 4.40 Å². The van der Waals surface area contributed by atoms with Gasteiger partial charge in [0, 0.05) is 11.6 Å². The highest BCUT2D eigenvalue weighted by molar-refractivity contribution is 7.90. The van der Waals surface area contributed by atoms with E-state index < -0.39 is 16.3 Å². The van der Waals surface area contributed by atoms with Gasteiger partial charge in [0.15, 0.2) is 12.1 Å². The number of hydrogen-bond acceptors (Lipinski definition) is 5. The smallest absolute Gasteiger partial charge is 0.286 e. The predicted octanol–water partition coefficient (Wildman–Crippen LogP) is 1.78. The first-order chi connectivity index (χ1) is 9.35. The lowest BCUT2D eigenvalue weighted by atomic mass is 10.3. The maximum absolute atomic E-state index is 12.2. The molecule has 0 saturated carbocycles. The molecule has 8 heteroatoms. The minimum Gasteiger partial charge on any atom is -0.356 e. The molecule has 110 valence electrons. The van der Waals surface area contributed by atoms with E-state index in [1.807, 2.05) is 6.92 Å². The third-order valence-corrected chi connectivity index (χ3v) is 4.31. The van der Waals surface area contributed by atoms with Gasteiger partial charge in [-0.2, -0.15) is 8.42 Å². The van der Waals surface area contributed by atoms with Crippen LogP contribution in [0.5, 0.6) is 0 Å². The van der Waals surface area contributed by atoms with E-state index in [2.05, 4.69) is 9.71 Å². The van der Waals surface area contributed by atoms with E-state index in [4.69, 9.17) is 16.3 Å². The number of amidine groups is 1. The minimum atomic E-state index is -3.74. The van der Waals surface area contributed by atoms with E-state index in [-0.39, 0.29) is 10.7 Å². The number of nitrogens with one attached hydrogen (secondary N) is 1. The maximum atomic E-state index is 12.2. The van der Waals surface area contributed by atoms with E-state index in [0.717, 1.165) is 0 Å². The number of hydrogen-bond donors (Lipinski definition) is 1. The molecule has 1 aliphatic rings. The Morgan fingerprint density at radius 2 is 2.15 bits per heavy atom. The summed E-state index contributed by atoms with van der Waals surface area (Å²) in [5, 5.41) is 3.43. The number of halogens is 1. The van der Waals surface area contributed by atoms with Gasteiger partial charge in [-0.25, -0.2) is 0 Å². The average molecular weight is 318 g/mol. The molecule has 2 rings (SSSR count). The first kappa shape index (κ1) is 15.2. The molecule has 1 unspecified atom stereocenters. The van der Waals surface area contributed by atoms with E-state index >= 15 is 0 Å². The first-order valence-corrected chi connectivity index (χ1v) is 7.86. The largest absolute Gasteiger partial charge is 0.356 e. The SMILES string of the molecule is CCOC(C1=NS(=O)(=O)c2ccc(Cl)cc2N1)N(C)C. The van der Waals surface area contributed by atoms with Crippen LogP contribution < -0.4 is 5.32 Å². The highest BCUT2D eigenvalue weighted by Gasteiger charge is 2.30. The van der Waals surface area contributed by atoms with Crippen molar-refractivity contribution in [1.29, 1.82) is 0 Å². The number of anilines is 1. The van der Waals surface area contributed by atoms with Gasteiger partial charge in [0.05, 0.1) is 5.69 Å². The number of rotatable bonds is 4. The molecule has 0 aromatic heterocycles. The van der Waals surface area contributed by atoms with Crippen LogP contribution in [0.25, 0.3) is 0 Å². The van der Waals surface area contributed by atoms with E-state index in [9.17, 15) is 8.42 Å². The topological polar surface area (TPSA) is 71.0 Å². The molecule has 0 bridgehead atoms. The van der Waals surface area contributed by atoms with Crippen molar-refractivity contribution >= 4 is 33.1 Å². The fourth-order valence-corrected chi connectivity index (χ4v) is 3.19. The molecule has 6 nitrogen and oxygen atoms in total. The summed E-state index contributed by atoms with van der Waals surface area (Å²) in [4.78, 5) is 1.85. The number of benzene rings is 1. The summed E-state index contributed by atoms with van der Waals surface area (Å²) in [6.45, 7) is 2.27. The van der Waals surface area contributed by atoms with Crippen LogP contribution in [0.15, 0.2) is 27.5 Å². The molecule has 0 radical (unpaired) electrons. The summed E-state index contributed by atoms with van der Waals surface area (Å²) < 4.78 is 33.7. The molecule has 20 heavy (non-hydrogen) atoms. The maximum Gasteiger partial charge on any atom is 0.286 e. The van der Waals surface area contributed by atoms with Gasteiger partial charge in [0.2, 0.25) is 0 Å². The lowest BCUT2D eigenvalue weighted by Crippen LogP contribution is -2.43. The Bertz CT molecular complexity index is 643. The van der Waals surface area contributed by atoms with Gasteiger partial charge in [0.1, 0.15) is 4.90 Å². The normalized spacial score (nSPS) is 18.1. The zero-order valence-corrected chi connectivity index (χ0v) is 13.0. The van der Waals surface area contributed by atoms with E-state index in [1.54, 1.807) is 25.1 Å². The van der Waals surface area contributed by atoms with Gasteiger partial charge < -0.3 is 10.1 Å². The van der Waals surface area contributed by atoms with Crippen LogP contribution in [-0.2, 0) is 14.8 Å². The fraction of sp³-hybridized carbons (Fsp3) is 0.417. The Labute approximate surface area is 123 Å². The average Bonchev–Trinajstić information content (AvgIpc) is 2.33. The lowest BCUT2D eigenvalue weighted by molar-refractivity contribution is 0.0190. The van der Waals surface area contributed by atoms with Crippen LogP contribution in [0.3, 0.4) is 0 Å². The van der Waals surface area contributed by atoms with Crippen LogP contribution in [0.4, 0.5) is 5.69 Å². The molecule has 1 aromatic rings. The molecule has 1 atom stereocenters. The first-order valence-electron chi connectivity index (χ1n) is 6.04. The van der Waals surface area contributed by atoms with E-state index in [0.29, 0.717) is 17.3 Å². The second-order valence-corrected chi connectivity index (χ2v) is 6.50. The Morgan fingerprint density at radius 3 is 2.75 bits per heavy atom. The molecule has 0 fully saturated rings. The molecule has 1 heterocycles. The fourth-order valence-electron chi connectivity index (χ4n) is 1.90. The van der Waals surface area contributed by atoms with Gasteiger partial charge in [-0.05, 0) is 39.2 Å². The minimum absolute atomic E-state index is 0.111. The van der Waals surface area contributed by atoms with E-state index in [1.165, 1.54) is 12.1 Å². The van der Waals surface area contributed by atoms with Crippen LogP contribution in [0.2, 0.25) is 5.02 Å². The van der Waals surface area contributed by atoms with Crippen molar-refractivity contribution in [3.05, 3.63) is 23.2 Å². The van der Waals surface area contributed by atoms with Gasteiger partial charge in [-0.1, -0.05) is 11.6 Å². The Morgan fingerprint density at radius 1 is 1.45 bits per heavy atom. The molecule has 0 aliphatic carbocycles. The lowest BCUT2D eigenvalue weighted by Gasteiger charge is -2.28. The third kappa shape index (κ3) is 2.95. The molecule has 1 aromatic carbocycles. The van der Waals surface area contributed by atoms with Crippen LogP contribution in [0.1, 0.15) is 6.92 Å².